The molecule has 0 fully saturated rings. The van der Waals surface area contributed by atoms with E-state index in [0.717, 1.165) is 4.68 Å². The Kier molecular flexibility index (Phi) is 5.95. The third kappa shape index (κ3) is 3.77. The van der Waals surface area contributed by atoms with Gasteiger partial charge in [-0.05, 0) is 48.0 Å². The van der Waals surface area contributed by atoms with Gasteiger partial charge in [0, 0.05) is 23.1 Å². The third-order valence-corrected chi connectivity index (χ3v) is 6.22. The molecule has 0 radical (unpaired) electrons. The van der Waals surface area contributed by atoms with Gasteiger partial charge in [0.05, 0.1) is 15.6 Å². The van der Waals surface area contributed by atoms with Gasteiger partial charge >= 0.3 is 6.03 Å². The SMILES string of the molecule is CCN(CC)C(=O)n1cc(Br)c(S(=O)(=O)c2cc(Cl)cc(Cl)c2)n1. The molecule has 0 aliphatic rings. The first-order valence-electron chi connectivity index (χ1n) is 6.96. The Labute approximate surface area is 158 Å². The van der Waals surface area contributed by atoms with Crippen LogP contribution in [0.5, 0.6) is 0 Å². The fraction of sp³-hybridized carbons (Fsp3) is 0.286. The van der Waals surface area contributed by atoms with Gasteiger partial charge in [0.2, 0.25) is 9.84 Å². The van der Waals surface area contributed by atoms with Gasteiger partial charge in [-0.1, -0.05) is 23.2 Å². The van der Waals surface area contributed by atoms with Crippen LogP contribution in [0.1, 0.15) is 13.8 Å². The van der Waals surface area contributed by atoms with Crippen LogP contribution in [0.25, 0.3) is 0 Å². The molecule has 2 rings (SSSR count). The molecular formula is C14H14BrCl2N3O3S. The van der Waals surface area contributed by atoms with Gasteiger partial charge in [0.15, 0.2) is 5.03 Å². The van der Waals surface area contributed by atoms with E-state index < -0.39 is 15.9 Å². The summed E-state index contributed by atoms with van der Waals surface area (Å²) >= 11 is 14.9. The number of carbonyl (C=O) groups is 1. The molecule has 1 aromatic heterocycles. The van der Waals surface area contributed by atoms with Crippen molar-refractivity contribution in [2.24, 2.45) is 0 Å². The predicted molar refractivity (Wildman–Crippen MR) is 95.6 cm³/mol. The second-order valence-electron chi connectivity index (χ2n) is 4.79. The Morgan fingerprint density at radius 1 is 1.21 bits per heavy atom. The zero-order chi connectivity index (χ0) is 18.1. The number of rotatable bonds is 4. The monoisotopic (exact) mass is 453 g/mol. The molecule has 24 heavy (non-hydrogen) atoms. The minimum Gasteiger partial charge on any atom is -0.323 e. The molecule has 0 unspecified atom stereocenters. The largest absolute Gasteiger partial charge is 0.344 e. The molecule has 2 aromatic rings. The van der Waals surface area contributed by atoms with Crippen molar-refractivity contribution in [1.82, 2.24) is 14.7 Å². The van der Waals surface area contributed by atoms with Crippen LogP contribution >= 0.6 is 39.1 Å². The van der Waals surface area contributed by atoms with E-state index in [1.54, 1.807) is 0 Å². The smallest absolute Gasteiger partial charge is 0.323 e. The predicted octanol–water partition coefficient (Wildman–Crippen LogP) is 4.10. The lowest BCUT2D eigenvalue weighted by atomic mass is 10.4. The summed E-state index contributed by atoms with van der Waals surface area (Å²) in [5.41, 5.74) is 0. The summed E-state index contributed by atoms with van der Waals surface area (Å²) < 4.78 is 26.7. The van der Waals surface area contributed by atoms with Crippen molar-refractivity contribution >= 4 is 55.0 Å². The van der Waals surface area contributed by atoms with Gasteiger partial charge in [-0.3, -0.25) is 0 Å². The van der Waals surface area contributed by atoms with Gasteiger partial charge in [-0.2, -0.15) is 9.78 Å². The Bertz CT molecular complexity index is 859. The van der Waals surface area contributed by atoms with Crippen molar-refractivity contribution in [2.45, 2.75) is 23.8 Å². The molecule has 130 valence electrons. The van der Waals surface area contributed by atoms with E-state index in [2.05, 4.69) is 21.0 Å². The lowest BCUT2D eigenvalue weighted by molar-refractivity contribution is 0.201. The fourth-order valence-corrected chi connectivity index (χ4v) is 4.91. The molecule has 0 saturated carbocycles. The van der Waals surface area contributed by atoms with E-state index in [-0.39, 0.29) is 24.4 Å². The summed E-state index contributed by atoms with van der Waals surface area (Å²) in [6, 6.07) is 3.58. The Morgan fingerprint density at radius 3 is 2.25 bits per heavy atom. The zero-order valence-electron chi connectivity index (χ0n) is 12.8. The zero-order valence-corrected chi connectivity index (χ0v) is 16.7. The number of amides is 1. The number of hydrogen-bond donors (Lipinski definition) is 0. The van der Waals surface area contributed by atoms with Crippen molar-refractivity contribution in [3.05, 3.63) is 38.9 Å². The summed E-state index contributed by atoms with van der Waals surface area (Å²) in [5, 5.41) is 4.04. The summed E-state index contributed by atoms with van der Waals surface area (Å²) in [4.78, 5) is 13.7. The third-order valence-electron chi connectivity index (χ3n) is 3.27. The second-order valence-corrected chi connectivity index (χ2v) is 8.38. The summed E-state index contributed by atoms with van der Waals surface area (Å²) in [6.07, 6.45) is 1.32. The van der Waals surface area contributed by atoms with Gasteiger partial charge in [-0.15, -0.1) is 0 Å². The fourth-order valence-electron chi connectivity index (χ4n) is 2.05. The van der Waals surface area contributed by atoms with Crippen LogP contribution < -0.4 is 0 Å². The molecule has 0 aliphatic heterocycles. The average molecular weight is 455 g/mol. The minimum absolute atomic E-state index is 0.0961. The normalized spacial score (nSPS) is 11.5. The maximum atomic E-state index is 12.8. The van der Waals surface area contributed by atoms with Gasteiger partial charge in [0.1, 0.15) is 0 Å². The highest BCUT2D eigenvalue weighted by molar-refractivity contribution is 9.10. The quantitative estimate of drug-likeness (QED) is 0.697. The van der Waals surface area contributed by atoms with Crippen molar-refractivity contribution in [2.75, 3.05) is 13.1 Å². The van der Waals surface area contributed by atoms with E-state index in [1.807, 2.05) is 13.8 Å². The molecule has 0 atom stereocenters. The van der Waals surface area contributed by atoms with Crippen molar-refractivity contribution in [3.63, 3.8) is 0 Å². The molecular weight excluding hydrogens is 441 g/mol. The highest BCUT2D eigenvalue weighted by Gasteiger charge is 2.27. The highest BCUT2D eigenvalue weighted by Crippen LogP contribution is 2.30. The number of carbonyl (C=O) groups excluding carboxylic acids is 1. The molecule has 0 spiro atoms. The molecule has 0 saturated heterocycles. The molecule has 1 aromatic carbocycles. The second kappa shape index (κ2) is 7.43. The lowest BCUT2D eigenvalue weighted by Crippen LogP contribution is -2.34. The number of nitrogens with zero attached hydrogens (tertiary/aromatic N) is 3. The Balaban J connectivity index is 2.51. The minimum atomic E-state index is -3.98. The number of hydrogen-bond acceptors (Lipinski definition) is 4. The van der Waals surface area contributed by atoms with Gasteiger partial charge < -0.3 is 4.90 Å². The van der Waals surface area contributed by atoms with E-state index in [4.69, 9.17) is 23.2 Å². The van der Waals surface area contributed by atoms with Crippen LogP contribution in [0.15, 0.2) is 38.8 Å². The number of aromatic nitrogens is 2. The maximum Gasteiger partial charge on any atom is 0.344 e. The van der Waals surface area contributed by atoms with E-state index >= 15 is 0 Å². The molecule has 10 heteroatoms. The van der Waals surface area contributed by atoms with Crippen LogP contribution in [0.2, 0.25) is 10.0 Å². The highest BCUT2D eigenvalue weighted by atomic mass is 79.9. The molecule has 0 N–H and O–H groups in total. The average Bonchev–Trinajstić information content (AvgIpc) is 2.90. The topological polar surface area (TPSA) is 72.3 Å². The first kappa shape index (κ1) is 19.2. The van der Waals surface area contributed by atoms with Gasteiger partial charge in [0.25, 0.3) is 0 Å². The summed E-state index contributed by atoms with van der Waals surface area (Å²) in [5.74, 6) is 0. The lowest BCUT2D eigenvalue weighted by Gasteiger charge is -2.17. The van der Waals surface area contributed by atoms with Crippen LogP contribution in [0.3, 0.4) is 0 Å². The Hall–Kier alpha value is -1.09. The molecule has 0 aliphatic carbocycles. The van der Waals surface area contributed by atoms with E-state index in [9.17, 15) is 13.2 Å². The number of sulfone groups is 1. The van der Waals surface area contributed by atoms with Crippen LogP contribution in [0, 0.1) is 0 Å². The van der Waals surface area contributed by atoms with Crippen LogP contribution in [0.4, 0.5) is 4.79 Å². The van der Waals surface area contributed by atoms with Crippen molar-refractivity contribution in [1.29, 1.82) is 0 Å². The summed E-state index contributed by atoms with van der Waals surface area (Å²) in [6.45, 7) is 4.62. The molecule has 0 bridgehead atoms. The number of benzene rings is 1. The molecule has 1 amide bonds. The molecule has 1 heterocycles. The van der Waals surface area contributed by atoms with Gasteiger partial charge in [-0.25, -0.2) is 13.2 Å². The summed E-state index contributed by atoms with van der Waals surface area (Å²) in [7, 11) is -3.98. The first-order chi connectivity index (χ1) is 11.2. The van der Waals surface area contributed by atoms with Crippen LogP contribution in [-0.2, 0) is 9.84 Å². The van der Waals surface area contributed by atoms with Crippen molar-refractivity contribution in [3.8, 4) is 0 Å². The molecule has 6 nitrogen and oxygen atoms in total. The standard InChI is InChI=1S/C14H14BrCl2N3O3S/c1-3-19(4-2)14(21)20-8-12(15)13(18-20)24(22,23)11-6-9(16)5-10(17)7-11/h5-8H,3-4H2,1-2H3. The van der Waals surface area contributed by atoms with E-state index in [1.165, 1.54) is 29.3 Å². The van der Waals surface area contributed by atoms with E-state index in [0.29, 0.717) is 13.1 Å². The van der Waals surface area contributed by atoms with Crippen LogP contribution in [-0.4, -0.2) is 42.2 Å². The first-order valence-corrected chi connectivity index (χ1v) is 9.99. The maximum absolute atomic E-state index is 12.8. The number of halogens is 3. The Morgan fingerprint density at radius 2 is 1.75 bits per heavy atom. The van der Waals surface area contributed by atoms with Crippen molar-refractivity contribution < 1.29 is 13.2 Å².